The highest BCUT2D eigenvalue weighted by Crippen LogP contribution is 2.19. The van der Waals surface area contributed by atoms with E-state index in [0.717, 1.165) is 35.1 Å². The van der Waals surface area contributed by atoms with Gasteiger partial charge in [-0.15, -0.1) is 0 Å². The van der Waals surface area contributed by atoms with Crippen LogP contribution in [0.15, 0.2) is 42.1 Å². The minimum absolute atomic E-state index is 0.728. The van der Waals surface area contributed by atoms with Crippen molar-refractivity contribution in [1.29, 1.82) is 0 Å². The summed E-state index contributed by atoms with van der Waals surface area (Å²) in [6.45, 7) is 6.32. The molecule has 1 heterocycles. The highest BCUT2D eigenvalue weighted by molar-refractivity contribution is 6.30. The molecule has 2 rings (SSSR count). The Morgan fingerprint density at radius 3 is 2.50 bits per heavy atom. The number of benzene rings is 1. The first-order valence-corrected chi connectivity index (χ1v) is 7.29. The van der Waals surface area contributed by atoms with Crippen LogP contribution >= 0.6 is 11.6 Å². The fourth-order valence-corrected chi connectivity index (χ4v) is 2.14. The number of aromatic nitrogens is 2. The maximum atomic E-state index is 5.93. The van der Waals surface area contributed by atoms with E-state index in [2.05, 4.69) is 30.5 Å². The van der Waals surface area contributed by atoms with Gasteiger partial charge in [-0.2, -0.15) is 5.10 Å². The number of hydrogen-bond acceptors (Lipinski definition) is 2. The van der Waals surface area contributed by atoms with E-state index in [1.54, 1.807) is 0 Å². The summed E-state index contributed by atoms with van der Waals surface area (Å²) in [4.78, 5) is 0. The van der Waals surface area contributed by atoms with Crippen LogP contribution in [-0.4, -0.2) is 9.78 Å². The Labute approximate surface area is 125 Å². The molecule has 0 unspecified atom stereocenters. The van der Waals surface area contributed by atoms with Crippen molar-refractivity contribution in [2.45, 2.75) is 33.6 Å². The van der Waals surface area contributed by atoms with Gasteiger partial charge in [-0.05, 0) is 44.0 Å². The summed E-state index contributed by atoms with van der Waals surface area (Å²) < 4.78 is 1.89. The molecular formula is C16H20ClN3. The number of nitrogens with one attached hydrogen (secondary N) is 1. The molecule has 0 bridgehead atoms. The molecule has 0 radical (unpaired) electrons. The van der Waals surface area contributed by atoms with Crippen LogP contribution in [0.4, 0.5) is 5.82 Å². The first kappa shape index (κ1) is 14.7. The molecule has 4 heteroatoms. The first-order chi connectivity index (χ1) is 9.63. The van der Waals surface area contributed by atoms with Crippen LogP contribution in [0.2, 0.25) is 5.02 Å². The molecule has 0 aliphatic rings. The van der Waals surface area contributed by atoms with Crippen LogP contribution in [-0.2, 0) is 0 Å². The summed E-state index contributed by atoms with van der Waals surface area (Å²) >= 11 is 5.93. The predicted molar refractivity (Wildman–Crippen MR) is 85.6 cm³/mol. The molecule has 2 aromatic rings. The molecule has 0 aliphatic carbocycles. The number of allylic oxidation sites excluding steroid dienone is 1. The molecule has 0 saturated heterocycles. The van der Waals surface area contributed by atoms with E-state index in [-0.39, 0.29) is 0 Å². The zero-order chi connectivity index (χ0) is 14.5. The largest absolute Gasteiger partial charge is 0.347 e. The highest BCUT2D eigenvalue weighted by Gasteiger charge is 2.06. The molecule has 0 atom stereocenters. The van der Waals surface area contributed by atoms with Crippen LogP contribution in [0, 0.1) is 6.92 Å². The second kappa shape index (κ2) is 6.62. The van der Waals surface area contributed by atoms with Crippen LogP contribution in [0.3, 0.4) is 0 Å². The minimum atomic E-state index is 0.728. The maximum absolute atomic E-state index is 5.93. The predicted octanol–water partition coefficient (Wildman–Crippen LogP) is 4.95. The van der Waals surface area contributed by atoms with Gasteiger partial charge in [0, 0.05) is 17.3 Å². The summed E-state index contributed by atoms with van der Waals surface area (Å²) in [6, 6.07) is 9.70. The van der Waals surface area contributed by atoms with E-state index < -0.39 is 0 Å². The SMILES string of the molecule is CCC(=CNc1cc(C)nn1-c1ccc(Cl)cc1)CC. The molecule has 3 nitrogen and oxygen atoms in total. The molecule has 106 valence electrons. The van der Waals surface area contributed by atoms with Gasteiger partial charge in [0.15, 0.2) is 0 Å². The third kappa shape index (κ3) is 3.42. The molecule has 0 aliphatic heterocycles. The summed E-state index contributed by atoms with van der Waals surface area (Å²) in [5.74, 6) is 0.962. The third-order valence-electron chi connectivity index (χ3n) is 3.24. The molecule has 20 heavy (non-hydrogen) atoms. The fourth-order valence-electron chi connectivity index (χ4n) is 2.01. The van der Waals surface area contributed by atoms with E-state index in [4.69, 9.17) is 11.6 Å². The van der Waals surface area contributed by atoms with Gasteiger partial charge in [0.2, 0.25) is 0 Å². The molecule has 0 amide bonds. The van der Waals surface area contributed by atoms with Crippen molar-refractivity contribution in [2.24, 2.45) is 0 Å². The summed E-state index contributed by atoms with van der Waals surface area (Å²) in [7, 11) is 0. The number of aryl methyl sites for hydroxylation is 1. The van der Waals surface area contributed by atoms with Crippen molar-refractivity contribution in [1.82, 2.24) is 9.78 Å². The Kier molecular flexibility index (Phi) is 4.85. The van der Waals surface area contributed by atoms with Crippen molar-refractivity contribution in [2.75, 3.05) is 5.32 Å². The monoisotopic (exact) mass is 289 g/mol. The Bertz CT molecular complexity index is 591. The number of halogens is 1. The Hall–Kier alpha value is -1.74. The Morgan fingerprint density at radius 1 is 1.25 bits per heavy atom. The summed E-state index contributed by atoms with van der Waals surface area (Å²) in [5, 5.41) is 8.60. The van der Waals surface area contributed by atoms with Gasteiger partial charge in [-0.3, -0.25) is 0 Å². The zero-order valence-electron chi connectivity index (χ0n) is 12.2. The smallest absolute Gasteiger partial charge is 0.133 e. The number of nitrogens with zero attached hydrogens (tertiary/aromatic N) is 2. The lowest BCUT2D eigenvalue weighted by Gasteiger charge is -2.08. The van der Waals surface area contributed by atoms with E-state index in [1.807, 2.05) is 41.9 Å². The lowest BCUT2D eigenvalue weighted by molar-refractivity contribution is 0.867. The number of anilines is 1. The zero-order valence-corrected chi connectivity index (χ0v) is 12.9. The summed E-state index contributed by atoms with van der Waals surface area (Å²) in [5.41, 5.74) is 3.35. The van der Waals surface area contributed by atoms with E-state index in [0.29, 0.717) is 0 Å². The molecule has 1 N–H and O–H groups in total. The van der Waals surface area contributed by atoms with E-state index in [1.165, 1.54) is 5.57 Å². The minimum Gasteiger partial charge on any atom is -0.347 e. The third-order valence-corrected chi connectivity index (χ3v) is 3.49. The molecule has 0 fully saturated rings. The van der Waals surface area contributed by atoms with Crippen molar-refractivity contribution in [3.8, 4) is 5.69 Å². The van der Waals surface area contributed by atoms with Gasteiger partial charge >= 0.3 is 0 Å². The van der Waals surface area contributed by atoms with Crippen LogP contribution in [0.1, 0.15) is 32.4 Å². The lowest BCUT2D eigenvalue weighted by atomic mass is 10.2. The van der Waals surface area contributed by atoms with Gasteiger partial charge in [0.1, 0.15) is 5.82 Å². The van der Waals surface area contributed by atoms with Crippen molar-refractivity contribution < 1.29 is 0 Å². The lowest BCUT2D eigenvalue weighted by Crippen LogP contribution is -2.02. The highest BCUT2D eigenvalue weighted by atomic mass is 35.5. The number of rotatable bonds is 5. The Balaban J connectivity index is 2.31. The second-order valence-corrected chi connectivity index (χ2v) is 5.15. The quantitative estimate of drug-likeness (QED) is 0.844. The molecule has 0 saturated carbocycles. The first-order valence-electron chi connectivity index (χ1n) is 6.91. The molecule has 1 aromatic carbocycles. The van der Waals surface area contributed by atoms with Gasteiger partial charge in [0.05, 0.1) is 11.4 Å². The normalized spacial score (nSPS) is 10.4. The van der Waals surface area contributed by atoms with E-state index >= 15 is 0 Å². The maximum Gasteiger partial charge on any atom is 0.133 e. The van der Waals surface area contributed by atoms with Gasteiger partial charge < -0.3 is 5.32 Å². The van der Waals surface area contributed by atoms with E-state index in [9.17, 15) is 0 Å². The second-order valence-electron chi connectivity index (χ2n) is 4.71. The molecule has 1 aromatic heterocycles. The number of hydrogen-bond donors (Lipinski definition) is 1. The van der Waals surface area contributed by atoms with Gasteiger partial charge in [0.25, 0.3) is 0 Å². The van der Waals surface area contributed by atoms with Gasteiger partial charge in [-0.25, -0.2) is 4.68 Å². The molecular weight excluding hydrogens is 270 g/mol. The average Bonchev–Trinajstić information content (AvgIpc) is 2.82. The van der Waals surface area contributed by atoms with Crippen molar-refractivity contribution >= 4 is 17.4 Å². The van der Waals surface area contributed by atoms with Crippen LogP contribution in [0.5, 0.6) is 0 Å². The van der Waals surface area contributed by atoms with Crippen molar-refractivity contribution in [3.63, 3.8) is 0 Å². The van der Waals surface area contributed by atoms with Crippen LogP contribution in [0.25, 0.3) is 5.69 Å². The topological polar surface area (TPSA) is 29.9 Å². The van der Waals surface area contributed by atoms with Crippen molar-refractivity contribution in [3.05, 3.63) is 52.8 Å². The van der Waals surface area contributed by atoms with Gasteiger partial charge in [-0.1, -0.05) is 31.0 Å². The van der Waals surface area contributed by atoms with Crippen LogP contribution < -0.4 is 5.32 Å². The standard InChI is InChI=1S/C16H20ClN3/c1-4-13(5-2)11-18-16-10-12(3)19-20(16)15-8-6-14(17)7-9-15/h6-11,18H,4-5H2,1-3H3. The fraction of sp³-hybridized carbons (Fsp3) is 0.312. The summed E-state index contributed by atoms with van der Waals surface area (Å²) in [6.07, 6.45) is 4.18. The molecule has 0 spiro atoms. The Morgan fingerprint density at radius 2 is 1.90 bits per heavy atom. The average molecular weight is 290 g/mol.